The first-order chi connectivity index (χ1) is 4.61. The molecule has 0 saturated heterocycles. The Morgan fingerprint density at radius 3 is 2.40 bits per heavy atom. The van der Waals surface area contributed by atoms with E-state index in [0.717, 1.165) is 0 Å². The molecule has 1 N–H and O–H groups in total. The van der Waals surface area contributed by atoms with Gasteiger partial charge in [0.25, 0.3) is 3.83 Å². The highest BCUT2D eigenvalue weighted by molar-refractivity contribution is 14.1. The molecule has 5 nitrogen and oxygen atoms in total. The van der Waals surface area contributed by atoms with E-state index < -0.39 is 4.92 Å². The Morgan fingerprint density at radius 2 is 2.20 bits per heavy atom. The summed E-state index contributed by atoms with van der Waals surface area (Å²) in [5.41, 5.74) is 0. The minimum atomic E-state index is -0.513. The molecule has 0 fully saturated rings. The number of halogens is 2. The number of imidazole rings is 1. The quantitative estimate of drug-likeness (QED) is 0.466. The zero-order valence-electron chi connectivity index (χ0n) is 4.47. The second-order valence-electron chi connectivity index (χ2n) is 1.42. The van der Waals surface area contributed by atoms with Gasteiger partial charge in [-0.15, -0.1) is 0 Å². The molecule has 7 heteroatoms. The van der Waals surface area contributed by atoms with Gasteiger partial charge in [-0.05, 0) is 32.5 Å². The maximum Gasteiger partial charge on any atom is 0.396 e. The third-order valence-corrected chi connectivity index (χ3v) is 2.05. The predicted molar refractivity (Wildman–Crippen MR) is 50.7 cm³/mol. The summed E-state index contributed by atoms with van der Waals surface area (Å²) in [6.45, 7) is 0. The van der Waals surface area contributed by atoms with Crippen molar-refractivity contribution >= 4 is 51.0 Å². The number of hydrogen-bond donors (Lipinski definition) is 1. The van der Waals surface area contributed by atoms with Crippen molar-refractivity contribution in [3.05, 3.63) is 17.6 Å². The third-order valence-electron chi connectivity index (χ3n) is 0.786. The molecule has 0 aromatic carbocycles. The van der Waals surface area contributed by atoms with Crippen LogP contribution >= 0.6 is 45.2 Å². The number of H-pyrrole nitrogens is 1. The Labute approximate surface area is 83.0 Å². The molecule has 0 aliphatic heterocycles. The standard InChI is InChI=1S/C3HI2N3O2/c4-1-2(8(9)10)7-3(5)6-1/h(H,6,7). The molecule has 0 spiro atoms. The first-order valence-electron chi connectivity index (χ1n) is 2.16. The van der Waals surface area contributed by atoms with Crippen LogP contribution in [0.25, 0.3) is 0 Å². The van der Waals surface area contributed by atoms with Gasteiger partial charge in [0.05, 0.1) is 0 Å². The normalized spacial score (nSPS) is 9.80. The summed E-state index contributed by atoms with van der Waals surface area (Å²) in [6.07, 6.45) is 0. The molecule has 0 amide bonds. The minimum absolute atomic E-state index is 0.106. The number of nitrogens with zero attached hydrogens (tertiary/aromatic N) is 2. The minimum Gasteiger partial charge on any atom is -0.358 e. The lowest BCUT2D eigenvalue weighted by molar-refractivity contribution is -0.390. The Hall–Kier alpha value is 0.0700. The van der Waals surface area contributed by atoms with E-state index in [-0.39, 0.29) is 5.82 Å². The number of nitrogens with one attached hydrogen (secondary N) is 1. The molecule has 10 heavy (non-hydrogen) atoms. The van der Waals surface area contributed by atoms with Crippen molar-refractivity contribution in [2.45, 2.75) is 0 Å². The summed E-state index contributed by atoms with van der Waals surface area (Å²) in [4.78, 5) is 16.0. The second-order valence-corrected chi connectivity index (χ2v) is 3.52. The Morgan fingerprint density at radius 1 is 1.60 bits per heavy atom. The maximum atomic E-state index is 10.2. The van der Waals surface area contributed by atoms with Gasteiger partial charge in [0.15, 0.2) is 3.70 Å². The van der Waals surface area contributed by atoms with Crippen molar-refractivity contribution in [1.29, 1.82) is 0 Å². The topological polar surface area (TPSA) is 71.8 Å². The van der Waals surface area contributed by atoms with Gasteiger partial charge in [-0.1, -0.05) is 0 Å². The fourth-order valence-corrected chi connectivity index (χ4v) is 2.02. The lowest BCUT2D eigenvalue weighted by Crippen LogP contribution is -1.89. The Bertz CT molecular complexity index is 271. The molecular formula is C3HI2N3O2. The van der Waals surface area contributed by atoms with Crippen molar-refractivity contribution in [3.63, 3.8) is 0 Å². The van der Waals surface area contributed by atoms with E-state index in [2.05, 4.69) is 9.97 Å². The molecule has 0 unspecified atom stereocenters. The van der Waals surface area contributed by atoms with Crippen LogP contribution in [0.2, 0.25) is 0 Å². The average molecular weight is 365 g/mol. The molecule has 0 atom stereocenters. The van der Waals surface area contributed by atoms with Crippen LogP contribution in [0.15, 0.2) is 0 Å². The maximum absolute atomic E-state index is 10.2. The molecule has 1 aromatic heterocycles. The van der Waals surface area contributed by atoms with Gasteiger partial charge in [-0.3, -0.25) is 0 Å². The number of aromatic nitrogens is 2. The predicted octanol–water partition coefficient (Wildman–Crippen LogP) is 1.53. The molecule has 0 saturated carbocycles. The largest absolute Gasteiger partial charge is 0.396 e. The van der Waals surface area contributed by atoms with E-state index in [1.807, 2.05) is 45.2 Å². The first kappa shape index (κ1) is 8.17. The Balaban J connectivity index is 3.15. The van der Waals surface area contributed by atoms with E-state index in [4.69, 9.17) is 0 Å². The molecule has 0 bridgehead atoms. The fraction of sp³-hybridized carbons (Fsp3) is 0. The average Bonchev–Trinajstić information content (AvgIpc) is 2.10. The van der Waals surface area contributed by atoms with E-state index in [0.29, 0.717) is 7.53 Å². The molecule has 1 heterocycles. The molecule has 1 aromatic rings. The number of aromatic amines is 1. The van der Waals surface area contributed by atoms with Crippen LogP contribution in [0.3, 0.4) is 0 Å². The molecule has 0 aliphatic carbocycles. The van der Waals surface area contributed by atoms with Gasteiger partial charge in [0, 0.05) is 22.6 Å². The van der Waals surface area contributed by atoms with Gasteiger partial charge >= 0.3 is 5.82 Å². The summed E-state index contributed by atoms with van der Waals surface area (Å²) in [6, 6.07) is 0. The summed E-state index contributed by atoms with van der Waals surface area (Å²) >= 11 is 3.72. The van der Waals surface area contributed by atoms with Crippen LogP contribution in [-0.2, 0) is 0 Å². The summed E-state index contributed by atoms with van der Waals surface area (Å²) < 4.78 is 1.00. The smallest absolute Gasteiger partial charge is 0.358 e. The van der Waals surface area contributed by atoms with E-state index in [1.54, 1.807) is 0 Å². The van der Waals surface area contributed by atoms with Gasteiger partial charge in [-0.25, -0.2) is 0 Å². The highest BCUT2D eigenvalue weighted by Crippen LogP contribution is 2.17. The highest BCUT2D eigenvalue weighted by Gasteiger charge is 2.17. The van der Waals surface area contributed by atoms with Crippen molar-refractivity contribution in [2.75, 3.05) is 0 Å². The highest BCUT2D eigenvalue weighted by atomic mass is 127. The number of nitro groups is 1. The third kappa shape index (κ3) is 1.56. The number of hydrogen-bond acceptors (Lipinski definition) is 3. The first-order valence-corrected chi connectivity index (χ1v) is 4.32. The van der Waals surface area contributed by atoms with Crippen LogP contribution in [-0.4, -0.2) is 14.9 Å². The molecule has 0 radical (unpaired) electrons. The Kier molecular flexibility index (Phi) is 2.44. The molecule has 1 rings (SSSR count). The zero-order chi connectivity index (χ0) is 7.72. The van der Waals surface area contributed by atoms with Crippen molar-refractivity contribution in [1.82, 2.24) is 9.97 Å². The van der Waals surface area contributed by atoms with Crippen LogP contribution in [0, 0.1) is 17.6 Å². The monoisotopic (exact) mass is 365 g/mol. The summed E-state index contributed by atoms with van der Waals surface area (Å²) in [5.74, 6) is -0.106. The molecule has 0 aliphatic rings. The summed E-state index contributed by atoms with van der Waals surface area (Å²) in [5, 5.41) is 10.2. The van der Waals surface area contributed by atoms with Crippen LogP contribution < -0.4 is 0 Å². The van der Waals surface area contributed by atoms with E-state index in [1.165, 1.54) is 0 Å². The van der Waals surface area contributed by atoms with Gasteiger partial charge < -0.3 is 15.1 Å². The fourth-order valence-electron chi connectivity index (χ4n) is 0.437. The van der Waals surface area contributed by atoms with Crippen molar-refractivity contribution in [2.24, 2.45) is 0 Å². The lowest BCUT2D eigenvalue weighted by atomic mass is 10.8. The lowest BCUT2D eigenvalue weighted by Gasteiger charge is -1.84. The van der Waals surface area contributed by atoms with Gasteiger partial charge in [-0.2, -0.15) is 0 Å². The van der Waals surface area contributed by atoms with Gasteiger partial charge in [0.1, 0.15) is 0 Å². The van der Waals surface area contributed by atoms with Crippen molar-refractivity contribution in [3.8, 4) is 0 Å². The summed E-state index contributed by atoms with van der Waals surface area (Å²) in [7, 11) is 0. The molecular weight excluding hydrogens is 364 g/mol. The SMILES string of the molecule is O=[N+]([O-])c1nc(I)[nH]c1I. The van der Waals surface area contributed by atoms with E-state index in [9.17, 15) is 10.1 Å². The number of rotatable bonds is 1. The second kappa shape index (κ2) is 2.98. The molecule has 54 valence electrons. The van der Waals surface area contributed by atoms with Gasteiger partial charge in [0.2, 0.25) is 0 Å². The van der Waals surface area contributed by atoms with Crippen LogP contribution in [0.5, 0.6) is 0 Å². The van der Waals surface area contributed by atoms with E-state index >= 15 is 0 Å². The zero-order valence-corrected chi connectivity index (χ0v) is 8.78. The van der Waals surface area contributed by atoms with Crippen LogP contribution in [0.1, 0.15) is 0 Å². The van der Waals surface area contributed by atoms with Crippen molar-refractivity contribution < 1.29 is 4.92 Å². The van der Waals surface area contributed by atoms with Crippen LogP contribution in [0.4, 0.5) is 5.82 Å².